The van der Waals surface area contributed by atoms with E-state index < -0.39 is 0 Å². The summed E-state index contributed by atoms with van der Waals surface area (Å²) in [6.07, 6.45) is 1.99. The molecule has 112 valence electrons. The van der Waals surface area contributed by atoms with Crippen molar-refractivity contribution in [3.05, 3.63) is 57.5 Å². The second kappa shape index (κ2) is 6.85. The molecule has 0 spiro atoms. The van der Waals surface area contributed by atoms with E-state index in [0.29, 0.717) is 5.95 Å². The Morgan fingerprint density at radius 3 is 2.32 bits per heavy atom. The fourth-order valence-corrected chi connectivity index (χ4v) is 3.35. The number of nitrogens with one attached hydrogen (secondary N) is 1. The Morgan fingerprint density at radius 1 is 0.955 bits per heavy atom. The van der Waals surface area contributed by atoms with Gasteiger partial charge in [-0.05, 0) is 62.4 Å². The molecule has 2 aromatic carbocycles. The van der Waals surface area contributed by atoms with Crippen LogP contribution in [-0.2, 0) is 0 Å². The molecule has 0 bridgehead atoms. The van der Waals surface area contributed by atoms with Gasteiger partial charge in [0, 0.05) is 8.95 Å². The predicted molar refractivity (Wildman–Crippen MR) is 98.3 cm³/mol. The third kappa shape index (κ3) is 3.06. The number of benzene rings is 2. The van der Waals surface area contributed by atoms with E-state index in [9.17, 15) is 0 Å². The zero-order valence-corrected chi connectivity index (χ0v) is 15.6. The first-order valence-corrected chi connectivity index (χ1v) is 9.27. The van der Waals surface area contributed by atoms with Crippen molar-refractivity contribution < 1.29 is 0 Å². The summed E-state index contributed by atoms with van der Waals surface area (Å²) in [4.78, 5) is 0. The van der Waals surface area contributed by atoms with Gasteiger partial charge in [-0.15, -0.1) is 10.2 Å². The minimum Gasteiger partial charge on any atom is -0.323 e. The van der Waals surface area contributed by atoms with E-state index in [1.807, 2.05) is 59.4 Å². The maximum absolute atomic E-state index is 4.28. The van der Waals surface area contributed by atoms with Gasteiger partial charge in [0.05, 0.1) is 11.4 Å². The number of rotatable bonds is 4. The van der Waals surface area contributed by atoms with Crippen LogP contribution in [0.5, 0.6) is 0 Å². The number of halogens is 2. The lowest BCUT2D eigenvalue weighted by atomic mass is 10.3. The molecule has 0 aliphatic heterocycles. The Kier molecular flexibility index (Phi) is 4.85. The average molecular weight is 440 g/mol. The van der Waals surface area contributed by atoms with Gasteiger partial charge in [-0.1, -0.05) is 36.0 Å². The summed E-state index contributed by atoms with van der Waals surface area (Å²) >= 11 is 8.68. The highest BCUT2D eigenvalue weighted by atomic mass is 79.9. The van der Waals surface area contributed by atoms with E-state index in [4.69, 9.17) is 0 Å². The molecular formula is C15H12Br2N4S. The number of nitrogens with zero attached hydrogens (tertiary/aromatic N) is 3. The fourth-order valence-electron chi connectivity index (χ4n) is 2.02. The number of hydrogen-bond donors (Lipinski definition) is 1. The molecule has 3 rings (SSSR count). The highest BCUT2D eigenvalue weighted by Gasteiger charge is 2.16. The van der Waals surface area contributed by atoms with Gasteiger partial charge < -0.3 is 5.32 Å². The lowest BCUT2D eigenvalue weighted by Gasteiger charge is -2.13. The van der Waals surface area contributed by atoms with Crippen LogP contribution in [0.1, 0.15) is 0 Å². The van der Waals surface area contributed by atoms with Crippen molar-refractivity contribution in [2.75, 3.05) is 11.6 Å². The number of anilines is 2. The molecule has 7 heteroatoms. The molecule has 1 heterocycles. The van der Waals surface area contributed by atoms with E-state index in [1.165, 1.54) is 0 Å². The third-order valence-electron chi connectivity index (χ3n) is 3.03. The molecule has 0 aliphatic rings. The zero-order chi connectivity index (χ0) is 15.5. The van der Waals surface area contributed by atoms with E-state index in [2.05, 4.69) is 47.4 Å². The number of aromatic nitrogens is 3. The first-order valence-electron chi connectivity index (χ1n) is 6.46. The van der Waals surface area contributed by atoms with Gasteiger partial charge in [0.15, 0.2) is 5.16 Å². The van der Waals surface area contributed by atoms with Gasteiger partial charge in [-0.2, -0.15) is 0 Å². The Balaban J connectivity index is 2.09. The van der Waals surface area contributed by atoms with Gasteiger partial charge in [0.25, 0.3) is 0 Å². The second-order valence-electron chi connectivity index (χ2n) is 4.40. The van der Waals surface area contributed by atoms with Gasteiger partial charge in [0.1, 0.15) is 0 Å². The number of hydrogen-bond acceptors (Lipinski definition) is 4. The molecule has 0 atom stereocenters. The highest BCUT2D eigenvalue weighted by molar-refractivity contribution is 9.11. The topological polar surface area (TPSA) is 42.7 Å². The summed E-state index contributed by atoms with van der Waals surface area (Å²) in [6, 6.07) is 15.9. The molecule has 0 saturated heterocycles. The molecule has 3 aromatic rings. The van der Waals surface area contributed by atoms with Crippen molar-refractivity contribution in [3.8, 4) is 5.69 Å². The van der Waals surface area contributed by atoms with Crippen LogP contribution in [0.2, 0.25) is 0 Å². The predicted octanol–water partition coefficient (Wildman–Crippen LogP) is 5.26. The van der Waals surface area contributed by atoms with Crippen LogP contribution in [0.25, 0.3) is 5.69 Å². The minimum atomic E-state index is 0.670. The van der Waals surface area contributed by atoms with Gasteiger partial charge >= 0.3 is 0 Å². The van der Waals surface area contributed by atoms with Crippen molar-refractivity contribution in [2.45, 2.75) is 5.16 Å². The van der Waals surface area contributed by atoms with Crippen LogP contribution in [0.3, 0.4) is 0 Å². The third-order valence-corrected chi connectivity index (χ3v) is 5.02. The number of para-hydroxylation sites is 2. The maximum Gasteiger partial charge on any atom is 0.234 e. The molecule has 0 fully saturated rings. The largest absolute Gasteiger partial charge is 0.323 e. The monoisotopic (exact) mass is 438 g/mol. The van der Waals surface area contributed by atoms with Crippen LogP contribution in [-0.4, -0.2) is 21.0 Å². The Bertz CT molecular complexity index is 804. The normalized spacial score (nSPS) is 10.7. The Morgan fingerprint density at radius 2 is 1.64 bits per heavy atom. The quantitative estimate of drug-likeness (QED) is 0.563. The van der Waals surface area contributed by atoms with Crippen LogP contribution in [0, 0.1) is 0 Å². The lowest BCUT2D eigenvalue weighted by Crippen LogP contribution is -2.04. The first kappa shape index (κ1) is 15.6. The van der Waals surface area contributed by atoms with Crippen LogP contribution in [0.4, 0.5) is 11.6 Å². The van der Waals surface area contributed by atoms with Crippen LogP contribution < -0.4 is 5.32 Å². The van der Waals surface area contributed by atoms with Crippen molar-refractivity contribution >= 4 is 55.3 Å². The molecular weight excluding hydrogens is 428 g/mol. The lowest BCUT2D eigenvalue weighted by molar-refractivity contribution is 0.885. The molecule has 4 nitrogen and oxygen atoms in total. The van der Waals surface area contributed by atoms with Gasteiger partial charge in [-0.25, -0.2) is 0 Å². The SMILES string of the molecule is CSc1nnc(Nc2ccccc2Br)n1-c1ccccc1Br. The molecule has 0 aliphatic carbocycles. The summed E-state index contributed by atoms with van der Waals surface area (Å²) in [5, 5.41) is 12.7. The summed E-state index contributed by atoms with van der Waals surface area (Å²) in [5.74, 6) is 0.670. The second-order valence-corrected chi connectivity index (χ2v) is 6.88. The minimum absolute atomic E-state index is 0.670. The standard InChI is InChI=1S/C15H12Br2N4S/c1-22-15-20-19-14(18-12-8-4-2-6-10(12)16)21(15)13-9-5-3-7-11(13)17/h2-9H,1H3,(H,18,19). The van der Waals surface area contributed by atoms with Crippen LogP contribution >= 0.6 is 43.6 Å². The van der Waals surface area contributed by atoms with Gasteiger partial charge in [-0.3, -0.25) is 4.57 Å². The van der Waals surface area contributed by atoms with E-state index in [-0.39, 0.29) is 0 Å². The molecule has 0 unspecified atom stereocenters. The first-order chi connectivity index (χ1) is 10.7. The van der Waals surface area contributed by atoms with Crippen molar-refractivity contribution in [1.82, 2.24) is 14.8 Å². The van der Waals surface area contributed by atoms with Crippen molar-refractivity contribution in [3.63, 3.8) is 0 Å². The summed E-state index contributed by atoms with van der Waals surface area (Å²) < 4.78 is 3.96. The summed E-state index contributed by atoms with van der Waals surface area (Å²) in [5.41, 5.74) is 1.93. The fraction of sp³-hybridized carbons (Fsp3) is 0.0667. The number of thioether (sulfide) groups is 1. The Hall–Kier alpha value is -1.31. The van der Waals surface area contributed by atoms with Crippen molar-refractivity contribution in [1.29, 1.82) is 0 Å². The Labute approximate surface area is 149 Å². The van der Waals surface area contributed by atoms with Crippen molar-refractivity contribution in [2.24, 2.45) is 0 Å². The maximum atomic E-state index is 4.28. The highest BCUT2D eigenvalue weighted by Crippen LogP contribution is 2.31. The molecule has 0 radical (unpaired) electrons. The van der Waals surface area contributed by atoms with E-state index in [1.54, 1.807) is 11.8 Å². The summed E-state index contributed by atoms with van der Waals surface area (Å²) in [7, 11) is 0. The van der Waals surface area contributed by atoms with E-state index in [0.717, 1.165) is 25.5 Å². The molecule has 1 N–H and O–H groups in total. The molecule has 1 aromatic heterocycles. The smallest absolute Gasteiger partial charge is 0.234 e. The molecule has 22 heavy (non-hydrogen) atoms. The summed E-state index contributed by atoms with van der Waals surface area (Å²) in [6.45, 7) is 0. The average Bonchev–Trinajstić information content (AvgIpc) is 2.93. The molecule has 0 saturated carbocycles. The molecule has 0 amide bonds. The van der Waals surface area contributed by atoms with Gasteiger partial charge in [0.2, 0.25) is 5.95 Å². The van der Waals surface area contributed by atoms with Crippen LogP contribution in [0.15, 0.2) is 62.6 Å². The van der Waals surface area contributed by atoms with E-state index >= 15 is 0 Å². The zero-order valence-electron chi connectivity index (χ0n) is 11.6.